The first-order valence-electron chi connectivity index (χ1n) is 5.74. The van der Waals surface area contributed by atoms with Crippen LogP contribution in [0, 0.1) is 0 Å². The quantitative estimate of drug-likeness (QED) is 0.897. The van der Waals surface area contributed by atoms with E-state index in [2.05, 4.69) is 27.4 Å². The number of thioether (sulfide) groups is 1. The fourth-order valence-corrected chi connectivity index (χ4v) is 2.63. The number of aromatic nitrogens is 3. The van der Waals surface area contributed by atoms with Crippen molar-refractivity contribution in [1.82, 2.24) is 14.9 Å². The molecule has 18 heavy (non-hydrogen) atoms. The zero-order chi connectivity index (χ0) is 12.4. The Morgan fingerprint density at radius 1 is 1.22 bits per heavy atom. The summed E-state index contributed by atoms with van der Waals surface area (Å²) >= 11 is 1.63. The van der Waals surface area contributed by atoms with E-state index in [1.54, 1.807) is 11.8 Å². The second-order valence-electron chi connectivity index (χ2n) is 4.03. The van der Waals surface area contributed by atoms with Crippen LogP contribution in [-0.2, 0) is 6.42 Å². The van der Waals surface area contributed by atoms with Gasteiger partial charge in [-0.2, -0.15) is 9.78 Å². The van der Waals surface area contributed by atoms with Gasteiger partial charge >= 0.3 is 0 Å². The predicted molar refractivity (Wildman–Crippen MR) is 71.9 cm³/mol. The molecule has 6 heteroatoms. The average molecular weight is 259 g/mol. The zero-order valence-electron chi connectivity index (χ0n) is 9.78. The van der Waals surface area contributed by atoms with Crippen molar-refractivity contribution in [2.24, 2.45) is 10.8 Å². The molecule has 5 nitrogen and oxygen atoms in total. The van der Waals surface area contributed by atoms with Crippen molar-refractivity contribution in [1.29, 1.82) is 0 Å². The largest absolute Gasteiger partial charge is 0.325 e. The van der Waals surface area contributed by atoms with Crippen LogP contribution in [0.15, 0.2) is 40.6 Å². The number of rotatable bonds is 3. The number of nitrogens with zero attached hydrogens (tertiary/aromatic N) is 4. The van der Waals surface area contributed by atoms with E-state index in [1.807, 2.05) is 22.9 Å². The number of hydrogen-bond acceptors (Lipinski definition) is 5. The molecule has 0 spiro atoms. The molecule has 0 radical (unpaired) electrons. The van der Waals surface area contributed by atoms with Gasteiger partial charge in [0.15, 0.2) is 5.82 Å². The number of hydrogen-bond donors (Lipinski definition) is 1. The molecule has 1 aromatic heterocycles. The van der Waals surface area contributed by atoms with Gasteiger partial charge < -0.3 is 5.73 Å². The molecule has 0 saturated heterocycles. The standard InChI is InChI=1S/C12H13N5S/c13-7-10-8-18-12-15-14-11(17(12)16-10)6-9-4-2-1-3-5-9/h1-5H,6-8,13H2. The minimum Gasteiger partial charge on any atom is -0.325 e. The van der Waals surface area contributed by atoms with Crippen molar-refractivity contribution < 1.29 is 0 Å². The molecule has 0 saturated carbocycles. The van der Waals surface area contributed by atoms with Gasteiger partial charge in [-0.3, -0.25) is 0 Å². The molecule has 0 aliphatic carbocycles. The van der Waals surface area contributed by atoms with Crippen LogP contribution in [0.5, 0.6) is 0 Å². The van der Waals surface area contributed by atoms with E-state index >= 15 is 0 Å². The Hall–Kier alpha value is -1.66. The van der Waals surface area contributed by atoms with E-state index in [0.717, 1.165) is 28.9 Å². The van der Waals surface area contributed by atoms with Crippen LogP contribution in [0.4, 0.5) is 0 Å². The van der Waals surface area contributed by atoms with Crippen molar-refractivity contribution in [2.75, 3.05) is 12.3 Å². The Labute approximate surface area is 109 Å². The second-order valence-corrected chi connectivity index (χ2v) is 4.97. The van der Waals surface area contributed by atoms with Crippen molar-refractivity contribution in [2.45, 2.75) is 11.6 Å². The van der Waals surface area contributed by atoms with Gasteiger partial charge in [-0.1, -0.05) is 42.1 Å². The summed E-state index contributed by atoms with van der Waals surface area (Å²) < 4.78 is 1.81. The lowest BCUT2D eigenvalue weighted by molar-refractivity contribution is 0.717. The molecule has 2 aromatic rings. The Balaban J connectivity index is 1.92. The van der Waals surface area contributed by atoms with Crippen LogP contribution >= 0.6 is 11.8 Å². The molecular weight excluding hydrogens is 246 g/mol. The van der Waals surface area contributed by atoms with Gasteiger partial charge in [0.25, 0.3) is 0 Å². The summed E-state index contributed by atoms with van der Waals surface area (Å²) in [5.74, 6) is 1.66. The van der Waals surface area contributed by atoms with Crippen LogP contribution in [0.2, 0.25) is 0 Å². The lowest BCUT2D eigenvalue weighted by Crippen LogP contribution is -2.21. The highest BCUT2D eigenvalue weighted by Gasteiger charge is 2.18. The minimum atomic E-state index is 0.482. The van der Waals surface area contributed by atoms with E-state index in [-0.39, 0.29) is 0 Å². The fraction of sp³-hybridized carbons (Fsp3) is 0.250. The highest BCUT2D eigenvalue weighted by Crippen LogP contribution is 2.22. The molecule has 2 heterocycles. The maximum atomic E-state index is 5.63. The molecule has 0 unspecified atom stereocenters. The Morgan fingerprint density at radius 2 is 2.06 bits per heavy atom. The van der Waals surface area contributed by atoms with Crippen LogP contribution in [-0.4, -0.2) is 32.9 Å². The third kappa shape index (κ3) is 2.16. The van der Waals surface area contributed by atoms with Crippen molar-refractivity contribution in [3.05, 3.63) is 41.7 Å². The van der Waals surface area contributed by atoms with Crippen LogP contribution in [0.1, 0.15) is 11.4 Å². The number of nitrogens with two attached hydrogens (primary N) is 1. The molecule has 92 valence electrons. The average Bonchev–Trinajstić information content (AvgIpc) is 2.82. The monoisotopic (exact) mass is 259 g/mol. The van der Waals surface area contributed by atoms with Crippen LogP contribution in [0.3, 0.4) is 0 Å². The Kier molecular flexibility index (Phi) is 3.12. The van der Waals surface area contributed by atoms with Gasteiger partial charge in [-0.05, 0) is 5.56 Å². The van der Waals surface area contributed by atoms with E-state index in [9.17, 15) is 0 Å². The van der Waals surface area contributed by atoms with Crippen LogP contribution in [0.25, 0.3) is 0 Å². The topological polar surface area (TPSA) is 69.1 Å². The predicted octanol–water partition coefficient (Wildman–Crippen LogP) is 1.14. The van der Waals surface area contributed by atoms with Gasteiger partial charge in [-0.15, -0.1) is 10.2 Å². The minimum absolute atomic E-state index is 0.482. The lowest BCUT2D eigenvalue weighted by Gasteiger charge is -2.12. The molecule has 0 amide bonds. The number of benzene rings is 1. The van der Waals surface area contributed by atoms with Gasteiger partial charge in [0.1, 0.15) is 0 Å². The maximum Gasteiger partial charge on any atom is 0.212 e. The summed E-state index contributed by atoms with van der Waals surface area (Å²) in [6.07, 6.45) is 0.732. The molecule has 1 aliphatic heterocycles. The first-order chi connectivity index (χ1) is 8.86. The van der Waals surface area contributed by atoms with E-state index < -0.39 is 0 Å². The molecule has 0 atom stereocenters. The summed E-state index contributed by atoms with van der Waals surface area (Å²) in [6, 6.07) is 10.2. The van der Waals surface area contributed by atoms with Crippen molar-refractivity contribution in [3.63, 3.8) is 0 Å². The fourth-order valence-electron chi connectivity index (χ4n) is 1.79. The number of fused-ring (bicyclic) bond motifs is 1. The first-order valence-corrected chi connectivity index (χ1v) is 6.73. The Bertz CT molecular complexity index is 575. The van der Waals surface area contributed by atoms with Crippen molar-refractivity contribution in [3.8, 4) is 0 Å². The van der Waals surface area contributed by atoms with Gasteiger partial charge in [0.2, 0.25) is 5.16 Å². The van der Waals surface area contributed by atoms with E-state index in [4.69, 9.17) is 5.73 Å². The molecule has 2 N–H and O–H groups in total. The maximum absolute atomic E-state index is 5.63. The second kappa shape index (κ2) is 4.91. The molecule has 0 fully saturated rings. The third-order valence-corrected chi connectivity index (χ3v) is 3.72. The highest BCUT2D eigenvalue weighted by molar-refractivity contribution is 7.99. The normalized spacial score (nSPS) is 14.2. The SMILES string of the molecule is NCC1=Nn2c(Cc3ccccc3)nnc2SC1. The van der Waals surface area contributed by atoms with Crippen molar-refractivity contribution >= 4 is 17.5 Å². The molecule has 1 aliphatic rings. The summed E-state index contributed by atoms with van der Waals surface area (Å²) in [4.78, 5) is 0. The van der Waals surface area contributed by atoms with Gasteiger partial charge in [0, 0.05) is 18.7 Å². The molecule has 0 bridgehead atoms. The van der Waals surface area contributed by atoms with Gasteiger partial charge in [0.05, 0.1) is 5.71 Å². The third-order valence-electron chi connectivity index (χ3n) is 2.73. The zero-order valence-corrected chi connectivity index (χ0v) is 10.6. The summed E-state index contributed by atoms with van der Waals surface area (Å²) in [6.45, 7) is 0.482. The summed E-state index contributed by atoms with van der Waals surface area (Å²) in [5, 5.41) is 13.7. The molecule has 1 aromatic carbocycles. The summed E-state index contributed by atoms with van der Waals surface area (Å²) in [5.41, 5.74) is 7.81. The van der Waals surface area contributed by atoms with Crippen LogP contribution < -0.4 is 5.73 Å². The smallest absolute Gasteiger partial charge is 0.212 e. The van der Waals surface area contributed by atoms with E-state index in [1.165, 1.54) is 5.56 Å². The Morgan fingerprint density at radius 3 is 2.83 bits per heavy atom. The lowest BCUT2D eigenvalue weighted by atomic mass is 10.1. The molecule has 3 rings (SSSR count). The first kappa shape index (κ1) is 11.4. The van der Waals surface area contributed by atoms with E-state index in [0.29, 0.717) is 6.54 Å². The molecular formula is C12H13N5S. The summed E-state index contributed by atoms with van der Waals surface area (Å²) in [7, 11) is 0. The van der Waals surface area contributed by atoms with Gasteiger partial charge in [-0.25, -0.2) is 0 Å². The highest BCUT2D eigenvalue weighted by atomic mass is 32.2.